The number of rotatable bonds is 2. The van der Waals surface area contributed by atoms with E-state index in [1.807, 2.05) is 24.3 Å². The molecule has 0 radical (unpaired) electrons. The van der Waals surface area contributed by atoms with E-state index < -0.39 is 0 Å². The standard InChI is InChI=1S/C14H10Br2/c1-10(11-2-6-13(15)7-3-11)12-4-8-14(16)9-5-12/h2-9H,1H2. The van der Waals surface area contributed by atoms with Crippen LogP contribution in [-0.4, -0.2) is 0 Å². The number of halogens is 2. The van der Waals surface area contributed by atoms with Gasteiger partial charge in [-0.1, -0.05) is 62.7 Å². The molecular formula is C14H10Br2. The minimum absolute atomic E-state index is 1.04. The Kier molecular flexibility index (Phi) is 3.62. The van der Waals surface area contributed by atoms with Crippen LogP contribution in [0.5, 0.6) is 0 Å². The van der Waals surface area contributed by atoms with Gasteiger partial charge in [-0.2, -0.15) is 0 Å². The van der Waals surface area contributed by atoms with E-state index in [0.29, 0.717) is 0 Å². The molecule has 2 rings (SSSR count). The average Bonchev–Trinajstić information content (AvgIpc) is 2.30. The second-order valence-corrected chi connectivity index (χ2v) is 5.32. The first-order valence-corrected chi connectivity index (χ1v) is 6.46. The van der Waals surface area contributed by atoms with E-state index >= 15 is 0 Å². The summed E-state index contributed by atoms with van der Waals surface area (Å²) >= 11 is 6.85. The van der Waals surface area contributed by atoms with E-state index in [1.54, 1.807) is 0 Å². The summed E-state index contributed by atoms with van der Waals surface area (Å²) in [5.41, 5.74) is 3.33. The van der Waals surface area contributed by atoms with E-state index in [1.165, 1.54) is 0 Å². The van der Waals surface area contributed by atoms with E-state index in [9.17, 15) is 0 Å². The lowest BCUT2D eigenvalue weighted by Crippen LogP contribution is -1.85. The Bertz CT molecular complexity index is 448. The lowest BCUT2D eigenvalue weighted by molar-refractivity contribution is 1.53. The summed E-state index contributed by atoms with van der Waals surface area (Å²) in [6.07, 6.45) is 0. The first-order chi connectivity index (χ1) is 7.66. The Labute approximate surface area is 112 Å². The van der Waals surface area contributed by atoms with Gasteiger partial charge in [0.15, 0.2) is 0 Å². The molecule has 0 heterocycles. The summed E-state index contributed by atoms with van der Waals surface area (Å²) in [7, 11) is 0. The zero-order chi connectivity index (χ0) is 11.5. The molecule has 0 atom stereocenters. The fourth-order valence-electron chi connectivity index (χ4n) is 1.47. The maximum Gasteiger partial charge on any atom is 0.0175 e. The predicted octanol–water partition coefficient (Wildman–Crippen LogP) is 5.27. The van der Waals surface area contributed by atoms with Gasteiger partial charge in [0.25, 0.3) is 0 Å². The zero-order valence-electron chi connectivity index (χ0n) is 8.58. The quantitative estimate of drug-likeness (QED) is 0.700. The van der Waals surface area contributed by atoms with E-state index in [0.717, 1.165) is 25.6 Å². The predicted molar refractivity (Wildman–Crippen MR) is 76.4 cm³/mol. The number of benzene rings is 2. The van der Waals surface area contributed by atoms with Gasteiger partial charge in [-0.3, -0.25) is 0 Å². The molecule has 16 heavy (non-hydrogen) atoms. The molecule has 0 amide bonds. The fourth-order valence-corrected chi connectivity index (χ4v) is 2.00. The van der Waals surface area contributed by atoms with Crippen molar-refractivity contribution < 1.29 is 0 Å². The highest BCUT2D eigenvalue weighted by atomic mass is 79.9. The topological polar surface area (TPSA) is 0 Å². The fraction of sp³-hybridized carbons (Fsp3) is 0. The molecule has 0 fully saturated rings. The van der Waals surface area contributed by atoms with Crippen molar-refractivity contribution in [2.24, 2.45) is 0 Å². The van der Waals surface area contributed by atoms with Crippen molar-refractivity contribution in [1.82, 2.24) is 0 Å². The van der Waals surface area contributed by atoms with Crippen LogP contribution >= 0.6 is 31.9 Å². The molecule has 2 aromatic rings. The molecule has 2 heteroatoms. The van der Waals surface area contributed by atoms with Gasteiger partial charge in [-0.15, -0.1) is 0 Å². The number of hydrogen-bond donors (Lipinski definition) is 0. The first-order valence-electron chi connectivity index (χ1n) is 4.87. The molecule has 0 aliphatic heterocycles. The summed E-state index contributed by atoms with van der Waals surface area (Å²) in [6.45, 7) is 4.12. The van der Waals surface area contributed by atoms with Crippen LogP contribution in [0.15, 0.2) is 64.1 Å². The largest absolute Gasteiger partial charge is 0.0906 e. The van der Waals surface area contributed by atoms with Gasteiger partial charge in [0.1, 0.15) is 0 Å². The Balaban J connectivity index is 2.32. The van der Waals surface area contributed by atoms with Crippen molar-refractivity contribution >= 4 is 37.4 Å². The molecule has 0 aromatic heterocycles. The third kappa shape index (κ3) is 2.63. The summed E-state index contributed by atoms with van der Waals surface area (Å²) in [4.78, 5) is 0. The second kappa shape index (κ2) is 4.98. The van der Waals surface area contributed by atoms with Gasteiger partial charge in [0, 0.05) is 8.95 Å². The molecule has 80 valence electrons. The molecule has 0 unspecified atom stereocenters. The van der Waals surface area contributed by atoms with Gasteiger partial charge in [0.05, 0.1) is 0 Å². The van der Waals surface area contributed by atoms with E-state index in [4.69, 9.17) is 0 Å². The van der Waals surface area contributed by atoms with Crippen LogP contribution in [0, 0.1) is 0 Å². The molecule has 2 aromatic carbocycles. The van der Waals surface area contributed by atoms with E-state index in [2.05, 4.69) is 62.7 Å². The van der Waals surface area contributed by atoms with Gasteiger partial charge in [-0.05, 0) is 41.0 Å². The van der Waals surface area contributed by atoms with E-state index in [-0.39, 0.29) is 0 Å². The molecule has 0 bridgehead atoms. The Morgan fingerprint density at radius 3 is 1.31 bits per heavy atom. The number of hydrogen-bond acceptors (Lipinski definition) is 0. The molecule has 0 spiro atoms. The highest BCUT2D eigenvalue weighted by Gasteiger charge is 2.01. The third-order valence-electron chi connectivity index (χ3n) is 2.39. The van der Waals surface area contributed by atoms with Crippen LogP contribution in [0.2, 0.25) is 0 Å². The monoisotopic (exact) mass is 336 g/mol. The summed E-state index contributed by atoms with van der Waals surface area (Å²) < 4.78 is 2.17. The van der Waals surface area contributed by atoms with Crippen LogP contribution in [-0.2, 0) is 0 Å². The van der Waals surface area contributed by atoms with Crippen molar-refractivity contribution in [2.75, 3.05) is 0 Å². The molecule has 0 saturated carbocycles. The second-order valence-electron chi connectivity index (χ2n) is 3.49. The lowest BCUT2D eigenvalue weighted by Gasteiger charge is -2.06. The summed E-state index contributed by atoms with van der Waals surface area (Å²) in [6, 6.07) is 16.4. The molecule has 0 N–H and O–H groups in total. The Morgan fingerprint density at radius 1 is 0.688 bits per heavy atom. The van der Waals surface area contributed by atoms with Gasteiger partial charge in [0.2, 0.25) is 0 Å². The average molecular weight is 338 g/mol. The van der Waals surface area contributed by atoms with Crippen molar-refractivity contribution in [1.29, 1.82) is 0 Å². The minimum Gasteiger partial charge on any atom is -0.0906 e. The minimum atomic E-state index is 1.04. The van der Waals surface area contributed by atoms with Crippen LogP contribution in [0.3, 0.4) is 0 Å². The molecule has 0 nitrogen and oxygen atoms in total. The SMILES string of the molecule is C=C(c1ccc(Br)cc1)c1ccc(Br)cc1. The lowest BCUT2D eigenvalue weighted by atomic mass is 10.00. The highest BCUT2D eigenvalue weighted by Crippen LogP contribution is 2.24. The molecular weight excluding hydrogens is 328 g/mol. The smallest absolute Gasteiger partial charge is 0.0175 e. The van der Waals surface area contributed by atoms with Crippen LogP contribution in [0.25, 0.3) is 5.57 Å². The Morgan fingerprint density at radius 2 is 1.00 bits per heavy atom. The van der Waals surface area contributed by atoms with Crippen molar-refractivity contribution in [3.8, 4) is 0 Å². The van der Waals surface area contributed by atoms with Gasteiger partial charge in [-0.25, -0.2) is 0 Å². The maximum absolute atomic E-state index is 4.12. The van der Waals surface area contributed by atoms with Crippen molar-refractivity contribution in [2.45, 2.75) is 0 Å². The summed E-state index contributed by atoms with van der Waals surface area (Å²) in [5.74, 6) is 0. The molecule has 0 saturated heterocycles. The molecule has 0 aliphatic carbocycles. The maximum atomic E-state index is 4.12. The van der Waals surface area contributed by atoms with Gasteiger partial charge >= 0.3 is 0 Å². The van der Waals surface area contributed by atoms with Gasteiger partial charge < -0.3 is 0 Å². The summed E-state index contributed by atoms with van der Waals surface area (Å²) in [5, 5.41) is 0. The zero-order valence-corrected chi connectivity index (χ0v) is 11.8. The normalized spacial score (nSPS) is 10.1. The van der Waals surface area contributed by atoms with Crippen molar-refractivity contribution in [3.63, 3.8) is 0 Å². The van der Waals surface area contributed by atoms with Crippen LogP contribution < -0.4 is 0 Å². The van der Waals surface area contributed by atoms with Crippen LogP contribution in [0.4, 0.5) is 0 Å². The highest BCUT2D eigenvalue weighted by molar-refractivity contribution is 9.10. The third-order valence-corrected chi connectivity index (χ3v) is 3.44. The Hall–Kier alpha value is -0.860. The van der Waals surface area contributed by atoms with Crippen LogP contribution in [0.1, 0.15) is 11.1 Å². The van der Waals surface area contributed by atoms with Crippen molar-refractivity contribution in [3.05, 3.63) is 75.2 Å². The first kappa shape index (κ1) is 11.6. The molecule has 0 aliphatic rings.